The third kappa shape index (κ3) is 4.49. The van der Waals surface area contributed by atoms with Gasteiger partial charge in [-0.3, -0.25) is 4.98 Å². The third-order valence-electron chi connectivity index (χ3n) is 1.85. The lowest BCUT2D eigenvalue weighted by Crippen LogP contribution is -2.08. The van der Waals surface area contributed by atoms with E-state index in [0.29, 0.717) is 19.1 Å². The molecule has 0 amide bonds. The van der Waals surface area contributed by atoms with Crippen LogP contribution in [0.5, 0.6) is 5.75 Å². The van der Waals surface area contributed by atoms with Gasteiger partial charge < -0.3 is 9.47 Å². The van der Waals surface area contributed by atoms with Gasteiger partial charge in [-0.2, -0.15) is 0 Å². The summed E-state index contributed by atoms with van der Waals surface area (Å²) in [4.78, 5) is 3.98. The third-order valence-corrected chi connectivity index (χ3v) is 2.14. The standard InChI is InChI=1S/C11H16ClNO2/c1-2-5-14-6-7-15-11-9-13-4-3-10(11)8-12/h3-4,9H,2,5-8H2,1H3. The quantitative estimate of drug-likeness (QED) is 0.532. The first-order valence-electron chi connectivity index (χ1n) is 5.08. The van der Waals surface area contributed by atoms with Gasteiger partial charge in [0.05, 0.1) is 18.7 Å². The summed E-state index contributed by atoms with van der Waals surface area (Å²) in [5.74, 6) is 1.18. The van der Waals surface area contributed by atoms with Crippen molar-refractivity contribution >= 4 is 11.6 Å². The molecule has 1 aromatic rings. The Balaban J connectivity index is 2.30. The van der Waals surface area contributed by atoms with Crippen LogP contribution in [0.3, 0.4) is 0 Å². The fourth-order valence-electron chi connectivity index (χ4n) is 1.11. The van der Waals surface area contributed by atoms with Gasteiger partial charge in [-0.25, -0.2) is 0 Å². The van der Waals surface area contributed by atoms with Gasteiger partial charge in [0.2, 0.25) is 0 Å². The molecule has 4 heteroatoms. The zero-order chi connectivity index (χ0) is 10.9. The van der Waals surface area contributed by atoms with Gasteiger partial charge in [0, 0.05) is 18.4 Å². The molecule has 0 bridgehead atoms. The van der Waals surface area contributed by atoms with Crippen LogP contribution in [-0.4, -0.2) is 24.8 Å². The van der Waals surface area contributed by atoms with Crippen LogP contribution in [-0.2, 0) is 10.6 Å². The van der Waals surface area contributed by atoms with E-state index in [4.69, 9.17) is 21.1 Å². The van der Waals surface area contributed by atoms with E-state index in [1.165, 1.54) is 0 Å². The Labute approximate surface area is 95.4 Å². The number of rotatable bonds is 7. The number of pyridine rings is 1. The molecule has 0 atom stereocenters. The summed E-state index contributed by atoms with van der Waals surface area (Å²) in [7, 11) is 0. The highest BCUT2D eigenvalue weighted by Gasteiger charge is 2.01. The Kier molecular flexibility index (Phi) is 6.12. The molecular formula is C11H16ClNO2. The summed E-state index contributed by atoms with van der Waals surface area (Å²) in [6.45, 7) is 3.99. The first kappa shape index (κ1) is 12.3. The van der Waals surface area contributed by atoms with Gasteiger partial charge in [0.15, 0.2) is 0 Å². The van der Waals surface area contributed by atoms with E-state index in [1.54, 1.807) is 12.4 Å². The predicted molar refractivity (Wildman–Crippen MR) is 60.4 cm³/mol. The maximum Gasteiger partial charge on any atom is 0.142 e. The summed E-state index contributed by atoms with van der Waals surface area (Å²) >= 11 is 5.76. The molecular weight excluding hydrogens is 214 g/mol. The first-order chi connectivity index (χ1) is 7.38. The van der Waals surface area contributed by atoms with Gasteiger partial charge in [-0.1, -0.05) is 6.92 Å². The van der Waals surface area contributed by atoms with Crippen LogP contribution in [0.2, 0.25) is 0 Å². The lowest BCUT2D eigenvalue weighted by molar-refractivity contribution is 0.100. The van der Waals surface area contributed by atoms with E-state index in [0.717, 1.165) is 24.3 Å². The monoisotopic (exact) mass is 229 g/mol. The predicted octanol–water partition coefficient (Wildman–Crippen LogP) is 2.63. The molecule has 0 N–H and O–H groups in total. The Morgan fingerprint density at radius 3 is 2.93 bits per heavy atom. The van der Waals surface area contributed by atoms with Crippen LogP contribution in [0.25, 0.3) is 0 Å². The van der Waals surface area contributed by atoms with Crippen molar-refractivity contribution in [3.63, 3.8) is 0 Å². The number of alkyl halides is 1. The van der Waals surface area contributed by atoms with Crippen LogP contribution < -0.4 is 4.74 Å². The van der Waals surface area contributed by atoms with Gasteiger partial charge in [-0.15, -0.1) is 11.6 Å². The van der Waals surface area contributed by atoms with Crippen molar-refractivity contribution in [3.05, 3.63) is 24.0 Å². The molecule has 1 aromatic heterocycles. The van der Waals surface area contributed by atoms with Gasteiger partial charge in [0.1, 0.15) is 12.4 Å². The Morgan fingerprint density at radius 1 is 1.33 bits per heavy atom. The Bertz CT molecular complexity index is 281. The summed E-state index contributed by atoms with van der Waals surface area (Å²) in [6.07, 6.45) is 4.41. The summed E-state index contributed by atoms with van der Waals surface area (Å²) < 4.78 is 10.8. The van der Waals surface area contributed by atoms with E-state index in [9.17, 15) is 0 Å². The largest absolute Gasteiger partial charge is 0.489 e. The summed E-state index contributed by atoms with van der Waals surface area (Å²) in [6, 6.07) is 1.86. The molecule has 0 unspecified atom stereocenters. The minimum absolute atomic E-state index is 0.438. The molecule has 0 saturated heterocycles. The summed E-state index contributed by atoms with van der Waals surface area (Å²) in [5.41, 5.74) is 0.960. The van der Waals surface area contributed by atoms with Crippen molar-refractivity contribution in [2.75, 3.05) is 19.8 Å². The van der Waals surface area contributed by atoms with Crippen molar-refractivity contribution in [2.24, 2.45) is 0 Å². The molecule has 0 aromatic carbocycles. The lowest BCUT2D eigenvalue weighted by Gasteiger charge is -2.09. The van der Waals surface area contributed by atoms with Crippen molar-refractivity contribution in [1.29, 1.82) is 0 Å². The first-order valence-corrected chi connectivity index (χ1v) is 5.61. The van der Waals surface area contributed by atoms with E-state index in [-0.39, 0.29) is 0 Å². The highest BCUT2D eigenvalue weighted by atomic mass is 35.5. The molecule has 84 valence electrons. The zero-order valence-corrected chi connectivity index (χ0v) is 9.67. The molecule has 15 heavy (non-hydrogen) atoms. The van der Waals surface area contributed by atoms with Crippen LogP contribution >= 0.6 is 11.6 Å². The topological polar surface area (TPSA) is 31.4 Å². The second-order valence-corrected chi connectivity index (χ2v) is 3.35. The van der Waals surface area contributed by atoms with E-state index < -0.39 is 0 Å². The maximum atomic E-state index is 5.76. The number of hydrogen-bond donors (Lipinski definition) is 0. The van der Waals surface area contributed by atoms with Crippen molar-refractivity contribution in [3.8, 4) is 5.75 Å². The van der Waals surface area contributed by atoms with Gasteiger partial charge in [0.25, 0.3) is 0 Å². The highest BCUT2D eigenvalue weighted by molar-refractivity contribution is 6.17. The number of hydrogen-bond acceptors (Lipinski definition) is 3. The molecule has 0 aliphatic carbocycles. The lowest BCUT2D eigenvalue weighted by atomic mass is 10.3. The maximum absolute atomic E-state index is 5.76. The fraction of sp³-hybridized carbons (Fsp3) is 0.545. The number of aromatic nitrogens is 1. The summed E-state index contributed by atoms with van der Waals surface area (Å²) in [5, 5.41) is 0. The molecule has 0 fully saturated rings. The Morgan fingerprint density at radius 2 is 2.20 bits per heavy atom. The molecule has 0 aliphatic rings. The SMILES string of the molecule is CCCOCCOc1cnccc1CCl. The Hall–Kier alpha value is -0.800. The van der Waals surface area contributed by atoms with Crippen LogP contribution in [0.15, 0.2) is 18.5 Å². The van der Waals surface area contributed by atoms with Crippen LogP contribution in [0.4, 0.5) is 0 Å². The van der Waals surface area contributed by atoms with Gasteiger partial charge >= 0.3 is 0 Å². The zero-order valence-electron chi connectivity index (χ0n) is 8.91. The van der Waals surface area contributed by atoms with E-state index in [1.807, 2.05) is 6.07 Å². The van der Waals surface area contributed by atoms with Crippen molar-refractivity contribution in [1.82, 2.24) is 4.98 Å². The van der Waals surface area contributed by atoms with Crippen LogP contribution in [0.1, 0.15) is 18.9 Å². The minimum Gasteiger partial charge on any atom is -0.489 e. The minimum atomic E-state index is 0.438. The van der Waals surface area contributed by atoms with Gasteiger partial charge in [-0.05, 0) is 12.5 Å². The molecule has 0 radical (unpaired) electrons. The second-order valence-electron chi connectivity index (χ2n) is 3.08. The number of ether oxygens (including phenoxy) is 2. The molecule has 0 spiro atoms. The fourth-order valence-corrected chi connectivity index (χ4v) is 1.33. The average molecular weight is 230 g/mol. The van der Waals surface area contributed by atoms with Crippen molar-refractivity contribution < 1.29 is 9.47 Å². The number of halogens is 1. The molecule has 1 rings (SSSR count). The van der Waals surface area contributed by atoms with Crippen molar-refractivity contribution in [2.45, 2.75) is 19.2 Å². The smallest absolute Gasteiger partial charge is 0.142 e. The normalized spacial score (nSPS) is 10.3. The molecule has 3 nitrogen and oxygen atoms in total. The van der Waals surface area contributed by atoms with E-state index >= 15 is 0 Å². The van der Waals surface area contributed by atoms with Crippen LogP contribution in [0, 0.1) is 0 Å². The molecule has 0 saturated carbocycles. The van der Waals surface area contributed by atoms with E-state index in [2.05, 4.69) is 11.9 Å². The second kappa shape index (κ2) is 7.49. The molecule has 1 heterocycles. The highest BCUT2D eigenvalue weighted by Crippen LogP contribution is 2.17. The average Bonchev–Trinajstić information content (AvgIpc) is 2.29. The molecule has 0 aliphatic heterocycles. The number of nitrogens with zero attached hydrogens (tertiary/aromatic N) is 1.